The minimum Gasteiger partial charge on any atom is -0.444 e. The number of anilines is 2. The van der Waals surface area contributed by atoms with E-state index in [4.69, 9.17) is 15.2 Å². The molecule has 3 aromatic heterocycles. The molecule has 2 saturated heterocycles. The van der Waals surface area contributed by atoms with Gasteiger partial charge in [-0.05, 0) is 33.3 Å². The lowest BCUT2D eigenvalue weighted by Crippen LogP contribution is -2.49. The molecular weight excluding hydrogens is 561 g/mol. The third-order valence-electron chi connectivity index (χ3n) is 6.87. The first-order valence-electron chi connectivity index (χ1n) is 13.3. The normalized spacial score (nSPS) is 17.3. The Bertz CT molecular complexity index is 1430. The predicted octanol–water partition coefficient (Wildman–Crippen LogP) is 3.95. The summed E-state index contributed by atoms with van der Waals surface area (Å²) in [6.07, 6.45) is -4.06. The van der Waals surface area contributed by atoms with Gasteiger partial charge in [-0.1, -0.05) is 0 Å². The van der Waals surface area contributed by atoms with E-state index in [1.54, 1.807) is 16.2 Å². The molecule has 0 bridgehead atoms. The molecule has 2 aliphatic rings. The summed E-state index contributed by atoms with van der Waals surface area (Å²) in [5.74, 6) is -0.0200. The average molecular weight is 595 g/mol. The van der Waals surface area contributed by atoms with Crippen molar-refractivity contribution in [1.29, 1.82) is 0 Å². The van der Waals surface area contributed by atoms with Gasteiger partial charge in [0.05, 0.1) is 29.0 Å². The van der Waals surface area contributed by atoms with Crippen LogP contribution in [0.1, 0.15) is 36.9 Å². The van der Waals surface area contributed by atoms with Gasteiger partial charge in [-0.3, -0.25) is 4.90 Å². The summed E-state index contributed by atoms with van der Waals surface area (Å²) < 4.78 is 53.6. The number of amides is 1. The van der Waals surface area contributed by atoms with Crippen LogP contribution in [0.5, 0.6) is 0 Å². The molecule has 0 radical (unpaired) electrons. The number of nitrogen functional groups attached to an aromatic ring is 1. The molecule has 2 N–H and O–H groups in total. The van der Waals surface area contributed by atoms with Crippen molar-refractivity contribution < 1.29 is 27.4 Å². The largest absolute Gasteiger partial charge is 0.444 e. The highest BCUT2D eigenvalue weighted by molar-refractivity contribution is 7.19. The predicted molar refractivity (Wildman–Crippen MR) is 149 cm³/mol. The summed E-state index contributed by atoms with van der Waals surface area (Å²) in [6.45, 7) is 12.6. The van der Waals surface area contributed by atoms with E-state index in [0.29, 0.717) is 70.4 Å². The summed E-state index contributed by atoms with van der Waals surface area (Å²) >= 11 is 1.54. The lowest BCUT2D eigenvalue weighted by Gasteiger charge is -2.35. The molecule has 0 spiro atoms. The highest BCUT2D eigenvalue weighted by atomic mass is 32.1. The molecule has 3 aromatic rings. The third-order valence-corrected chi connectivity index (χ3v) is 8.13. The van der Waals surface area contributed by atoms with Crippen LogP contribution in [0.2, 0.25) is 0 Å². The SMILES string of the molecule is Cc1c(CN2CCN(C(=O)OC(C)(C)C)CC2)sc2c(N3CCOCC3)nc(-c3cnc(N)nc3C(F)(F)F)nc12. The van der Waals surface area contributed by atoms with E-state index in [1.807, 2.05) is 32.6 Å². The molecule has 0 aliphatic carbocycles. The van der Waals surface area contributed by atoms with Crippen molar-refractivity contribution in [3.05, 3.63) is 22.3 Å². The Morgan fingerprint density at radius 3 is 2.39 bits per heavy atom. The maximum Gasteiger partial charge on any atom is 0.434 e. The molecule has 222 valence electrons. The van der Waals surface area contributed by atoms with Gasteiger partial charge < -0.3 is 25.0 Å². The maximum absolute atomic E-state index is 13.9. The van der Waals surface area contributed by atoms with Crippen LogP contribution in [0, 0.1) is 6.92 Å². The second-order valence-corrected chi connectivity index (χ2v) is 12.1. The number of fused-ring (bicyclic) bond motifs is 1. The second kappa shape index (κ2) is 11.2. The number of nitrogens with zero attached hydrogens (tertiary/aromatic N) is 7. The minimum absolute atomic E-state index is 0.107. The molecule has 2 aliphatic heterocycles. The molecule has 0 aromatic carbocycles. The maximum atomic E-state index is 13.9. The number of rotatable bonds is 4. The molecule has 5 heterocycles. The van der Waals surface area contributed by atoms with Crippen molar-refractivity contribution in [3.63, 3.8) is 0 Å². The minimum atomic E-state index is -4.76. The first-order valence-corrected chi connectivity index (χ1v) is 14.1. The van der Waals surface area contributed by atoms with Crippen LogP contribution in [0.25, 0.3) is 21.6 Å². The number of aryl methyl sites for hydroxylation is 1. The standard InChI is InChI=1S/C26H33F3N8O3S/c1-15-17(14-35-5-7-37(8-6-35)24(38)40-25(2,3)4)41-19-18(15)32-21(34-22(19)36-9-11-39-12-10-36)16-13-31-23(30)33-20(16)26(27,28)29/h13H,5-12,14H2,1-4H3,(H2,30,31,33). The number of piperazine rings is 1. The van der Waals surface area contributed by atoms with Gasteiger partial charge in [0.1, 0.15) is 5.60 Å². The Morgan fingerprint density at radius 2 is 1.76 bits per heavy atom. The van der Waals surface area contributed by atoms with Crippen LogP contribution in [0.15, 0.2) is 6.20 Å². The number of morpholine rings is 1. The topological polar surface area (TPSA) is 123 Å². The van der Waals surface area contributed by atoms with Gasteiger partial charge in [0.2, 0.25) is 5.95 Å². The van der Waals surface area contributed by atoms with E-state index in [0.717, 1.165) is 21.3 Å². The number of nitrogens with two attached hydrogens (primary N) is 1. The van der Waals surface area contributed by atoms with E-state index in [2.05, 4.69) is 24.8 Å². The molecule has 15 heteroatoms. The zero-order chi connectivity index (χ0) is 29.5. The van der Waals surface area contributed by atoms with E-state index in [1.165, 1.54) is 0 Å². The molecular formula is C26H33F3N8O3S. The summed E-state index contributed by atoms with van der Waals surface area (Å²) in [5.41, 5.74) is 4.91. The van der Waals surface area contributed by atoms with Gasteiger partial charge in [0.25, 0.3) is 0 Å². The van der Waals surface area contributed by atoms with Gasteiger partial charge in [-0.15, -0.1) is 11.3 Å². The van der Waals surface area contributed by atoms with Crippen molar-refractivity contribution in [2.75, 3.05) is 63.1 Å². The Labute approximate surface area is 239 Å². The first-order chi connectivity index (χ1) is 19.3. The zero-order valence-corrected chi connectivity index (χ0v) is 24.2. The highest BCUT2D eigenvalue weighted by Gasteiger charge is 2.38. The van der Waals surface area contributed by atoms with Crippen molar-refractivity contribution >= 4 is 39.4 Å². The average Bonchev–Trinajstić information content (AvgIpc) is 3.22. The fourth-order valence-electron chi connectivity index (χ4n) is 4.77. The van der Waals surface area contributed by atoms with Crippen molar-refractivity contribution in [1.82, 2.24) is 29.7 Å². The Kier molecular flexibility index (Phi) is 7.96. The number of thiophene rings is 1. The van der Waals surface area contributed by atoms with Crippen LogP contribution in [0.3, 0.4) is 0 Å². The van der Waals surface area contributed by atoms with E-state index >= 15 is 0 Å². The van der Waals surface area contributed by atoms with Gasteiger partial charge in [0, 0.05) is 56.9 Å². The molecule has 2 fully saturated rings. The van der Waals surface area contributed by atoms with Gasteiger partial charge in [0.15, 0.2) is 17.3 Å². The van der Waals surface area contributed by atoms with Gasteiger partial charge >= 0.3 is 12.3 Å². The summed E-state index contributed by atoms with van der Waals surface area (Å²) in [4.78, 5) is 36.0. The number of hydrogen-bond acceptors (Lipinski definition) is 11. The quantitative estimate of drug-likeness (QED) is 0.475. The fourth-order valence-corrected chi connectivity index (χ4v) is 6.08. The first kappa shape index (κ1) is 29.2. The van der Waals surface area contributed by atoms with E-state index < -0.39 is 23.4 Å². The molecule has 11 nitrogen and oxygen atoms in total. The van der Waals surface area contributed by atoms with Crippen LogP contribution < -0.4 is 10.6 Å². The Balaban J connectivity index is 1.47. The van der Waals surface area contributed by atoms with Gasteiger partial charge in [-0.2, -0.15) is 13.2 Å². The fraction of sp³-hybridized carbons (Fsp3) is 0.577. The lowest BCUT2D eigenvalue weighted by atomic mass is 10.1. The van der Waals surface area contributed by atoms with Crippen molar-refractivity contribution in [2.45, 2.75) is 46.0 Å². The number of carbonyl (C=O) groups excluding carboxylic acids is 1. The highest BCUT2D eigenvalue weighted by Crippen LogP contribution is 2.40. The number of ether oxygens (including phenoxy) is 2. The Hall–Kier alpha value is -3.30. The molecule has 1 amide bonds. The van der Waals surface area contributed by atoms with Crippen molar-refractivity contribution in [3.8, 4) is 11.4 Å². The number of hydrogen-bond donors (Lipinski definition) is 1. The number of aromatic nitrogens is 4. The third kappa shape index (κ3) is 6.46. The molecule has 0 atom stereocenters. The number of carbonyl (C=O) groups is 1. The summed E-state index contributed by atoms with van der Waals surface area (Å²) in [7, 11) is 0. The monoisotopic (exact) mass is 594 g/mol. The number of halogens is 3. The lowest BCUT2D eigenvalue weighted by molar-refractivity contribution is -0.140. The molecule has 41 heavy (non-hydrogen) atoms. The zero-order valence-electron chi connectivity index (χ0n) is 23.4. The molecule has 0 unspecified atom stereocenters. The smallest absolute Gasteiger partial charge is 0.434 e. The van der Waals surface area contributed by atoms with Crippen LogP contribution in [-0.2, 0) is 22.2 Å². The van der Waals surface area contributed by atoms with Crippen LogP contribution in [0.4, 0.5) is 29.7 Å². The van der Waals surface area contributed by atoms with Crippen molar-refractivity contribution in [2.24, 2.45) is 0 Å². The Morgan fingerprint density at radius 1 is 1.07 bits per heavy atom. The molecule has 5 rings (SSSR count). The summed E-state index contributed by atoms with van der Waals surface area (Å²) in [6, 6.07) is 0. The summed E-state index contributed by atoms with van der Waals surface area (Å²) in [5, 5.41) is 0. The van der Waals surface area contributed by atoms with Crippen LogP contribution >= 0.6 is 11.3 Å². The molecule has 0 saturated carbocycles. The number of alkyl halides is 3. The van der Waals surface area contributed by atoms with Crippen LogP contribution in [-0.4, -0.2) is 93.9 Å². The van der Waals surface area contributed by atoms with Gasteiger partial charge in [-0.25, -0.2) is 24.7 Å². The second-order valence-electron chi connectivity index (χ2n) is 11.0. The van der Waals surface area contributed by atoms with E-state index in [9.17, 15) is 18.0 Å². The van der Waals surface area contributed by atoms with E-state index in [-0.39, 0.29) is 17.5 Å².